The quantitative estimate of drug-likeness (QED) is 0.613. The Morgan fingerprint density at radius 2 is 2.00 bits per heavy atom. The van der Waals surface area contributed by atoms with Gasteiger partial charge in [0.2, 0.25) is 0 Å². The fourth-order valence-electron chi connectivity index (χ4n) is 0.550. The van der Waals surface area contributed by atoms with Gasteiger partial charge >= 0.3 is 0 Å². The van der Waals surface area contributed by atoms with Crippen molar-refractivity contribution in [3.05, 3.63) is 27.0 Å². The molecule has 0 aliphatic heterocycles. The summed E-state index contributed by atoms with van der Waals surface area (Å²) < 4.78 is 0. The molecule has 0 radical (unpaired) electrons. The first-order valence-corrected chi connectivity index (χ1v) is 3.70. The number of pyridine rings is 1. The van der Waals surface area contributed by atoms with Crippen molar-refractivity contribution in [1.82, 2.24) is 4.98 Å². The van der Waals surface area contributed by atoms with Gasteiger partial charge in [0.05, 0.1) is 10.6 Å². The topological polar surface area (TPSA) is 36.7 Å². The van der Waals surface area contributed by atoms with Crippen LogP contribution in [0, 0.1) is 11.3 Å². The minimum atomic E-state index is 0.0516. The van der Waals surface area contributed by atoms with Gasteiger partial charge in [0.15, 0.2) is 5.15 Å². The van der Waals surface area contributed by atoms with E-state index < -0.39 is 0 Å². The van der Waals surface area contributed by atoms with E-state index in [1.165, 1.54) is 6.07 Å². The summed E-state index contributed by atoms with van der Waals surface area (Å²) in [7, 11) is 0. The molecule has 0 bridgehead atoms. The maximum absolute atomic E-state index is 8.49. The van der Waals surface area contributed by atoms with E-state index in [1.807, 2.05) is 6.07 Å². The van der Waals surface area contributed by atoms with Crippen LogP contribution < -0.4 is 0 Å². The van der Waals surface area contributed by atoms with Gasteiger partial charge in [-0.3, -0.25) is 0 Å². The fourth-order valence-corrected chi connectivity index (χ4v) is 1.12. The molecule has 0 amide bonds. The fraction of sp³-hybridized carbons (Fsp3) is 0. The van der Waals surface area contributed by atoms with Gasteiger partial charge in [-0.15, -0.1) is 0 Å². The Bertz CT molecular complexity index is 329. The molecule has 0 fully saturated rings. The third kappa shape index (κ3) is 1.75. The SMILES string of the molecule is N#Cc1cc(Cl)nc(Cl)c1Cl. The minimum Gasteiger partial charge on any atom is -0.223 e. The van der Waals surface area contributed by atoms with E-state index in [1.54, 1.807) is 0 Å². The summed E-state index contributed by atoms with van der Waals surface area (Å²) >= 11 is 16.6. The first-order chi connectivity index (χ1) is 5.15. The maximum atomic E-state index is 8.49. The molecule has 0 spiro atoms. The van der Waals surface area contributed by atoms with E-state index >= 15 is 0 Å². The third-order valence-corrected chi connectivity index (χ3v) is 1.95. The average Bonchev–Trinajstić information content (AvgIpc) is 1.96. The summed E-state index contributed by atoms with van der Waals surface area (Å²) in [6.07, 6.45) is 0. The van der Waals surface area contributed by atoms with Crippen LogP contribution in [0.1, 0.15) is 5.56 Å². The molecular formula is C6HCl3N2. The molecule has 0 unspecified atom stereocenters. The molecule has 0 atom stereocenters. The molecule has 11 heavy (non-hydrogen) atoms. The van der Waals surface area contributed by atoms with E-state index in [0.29, 0.717) is 0 Å². The molecule has 56 valence electrons. The molecule has 0 aliphatic carbocycles. The number of rotatable bonds is 0. The van der Waals surface area contributed by atoms with Gasteiger partial charge in [-0.25, -0.2) is 4.98 Å². The molecule has 0 aromatic carbocycles. The Morgan fingerprint density at radius 1 is 1.36 bits per heavy atom. The molecule has 0 saturated heterocycles. The van der Waals surface area contributed by atoms with Gasteiger partial charge in [-0.2, -0.15) is 5.26 Å². The Morgan fingerprint density at radius 3 is 2.55 bits per heavy atom. The van der Waals surface area contributed by atoms with Crippen molar-refractivity contribution >= 4 is 34.8 Å². The van der Waals surface area contributed by atoms with Crippen LogP contribution in [-0.2, 0) is 0 Å². The minimum absolute atomic E-state index is 0.0516. The van der Waals surface area contributed by atoms with Crippen LogP contribution in [-0.4, -0.2) is 4.98 Å². The number of nitrogens with zero attached hydrogens (tertiary/aromatic N) is 2. The molecule has 5 heteroatoms. The van der Waals surface area contributed by atoms with Crippen LogP contribution in [0.5, 0.6) is 0 Å². The lowest BCUT2D eigenvalue weighted by Gasteiger charge is -1.96. The Kier molecular flexibility index (Phi) is 2.56. The van der Waals surface area contributed by atoms with Gasteiger partial charge in [0.25, 0.3) is 0 Å². The van der Waals surface area contributed by atoms with E-state index in [2.05, 4.69) is 4.98 Å². The van der Waals surface area contributed by atoms with Crippen molar-refractivity contribution in [3.63, 3.8) is 0 Å². The van der Waals surface area contributed by atoms with Crippen LogP contribution in [0.4, 0.5) is 0 Å². The Balaban J connectivity index is 3.39. The monoisotopic (exact) mass is 206 g/mol. The van der Waals surface area contributed by atoms with Crippen molar-refractivity contribution in [3.8, 4) is 6.07 Å². The molecule has 1 aromatic heterocycles. The lowest BCUT2D eigenvalue weighted by molar-refractivity contribution is 1.31. The van der Waals surface area contributed by atoms with Crippen molar-refractivity contribution in [1.29, 1.82) is 5.26 Å². The first kappa shape index (κ1) is 8.61. The Hall–Kier alpha value is -0.490. The van der Waals surface area contributed by atoms with Gasteiger partial charge in [0.1, 0.15) is 11.2 Å². The zero-order valence-corrected chi connectivity index (χ0v) is 7.37. The van der Waals surface area contributed by atoms with Crippen molar-refractivity contribution in [2.24, 2.45) is 0 Å². The van der Waals surface area contributed by atoms with Crippen LogP contribution >= 0.6 is 34.8 Å². The normalized spacial score (nSPS) is 9.27. The number of hydrogen-bond donors (Lipinski definition) is 0. The second kappa shape index (κ2) is 3.27. The lowest BCUT2D eigenvalue weighted by Crippen LogP contribution is -1.83. The first-order valence-electron chi connectivity index (χ1n) is 2.57. The van der Waals surface area contributed by atoms with Gasteiger partial charge < -0.3 is 0 Å². The molecule has 0 N–H and O–H groups in total. The zero-order chi connectivity index (χ0) is 8.43. The smallest absolute Gasteiger partial charge is 0.150 e. The maximum Gasteiger partial charge on any atom is 0.150 e. The van der Waals surface area contributed by atoms with Crippen molar-refractivity contribution in [2.75, 3.05) is 0 Å². The van der Waals surface area contributed by atoms with Gasteiger partial charge in [-0.1, -0.05) is 34.8 Å². The molecule has 1 aromatic rings. The van der Waals surface area contributed by atoms with E-state index in [-0.39, 0.29) is 20.9 Å². The molecular weight excluding hydrogens is 206 g/mol. The van der Waals surface area contributed by atoms with E-state index in [9.17, 15) is 0 Å². The summed E-state index contributed by atoms with van der Waals surface area (Å²) in [5.74, 6) is 0. The van der Waals surface area contributed by atoms with Crippen molar-refractivity contribution in [2.45, 2.75) is 0 Å². The standard InChI is InChI=1S/C6HCl3N2/c7-4-1-3(2-10)5(8)6(9)11-4/h1H. The predicted molar refractivity (Wildman–Crippen MR) is 44.0 cm³/mol. The highest BCUT2D eigenvalue weighted by Gasteiger charge is 2.06. The number of aromatic nitrogens is 1. The van der Waals surface area contributed by atoms with Crippen LogP contribution in [0.25, 0.3) is 0 Å². The highest BCUT2D eigenvalue weighted by Crippen LogP contribution is 2.25. The summed E-state index contributed by atoms with van der Waals surface area (Å²) in [5.41, 5.74) is 0.233. The summed E-state index contributed by atoms with van der Waals surface area (Å²) in [6, 6.07) is 3.19. The molecule has 0 saturated carbocycles. The Labute approximate surface area is 78.3 Å². The molecule has 1 rings (SSSR count). The van der Waals surface area contributed by atoms with E-state index in [4.69, 9.17) is 40.1 Å². The van der Waals surface area contributed by atoms with Crippen LogP contribution in [0.2, 0.25) is 15.3 Å². The summed E-state index contributed by atoms with van der Waals surface area (Å²) in [6.45, 7) is 0. The molecule has 1 heterocycles. The second-order valence-corrected chi connectivity index (χ2v) is 2.83. The third-order valence-electron chi connectivity index (χ3n) is 1.01. The van der Waals surface area contributed by atoms with E-state index in [0.717, 1.165) is 0 Å². The molecule has 0 aliphatic rings. The van der Waals surface area contributed by atoms with Crippen LogP contribution in [0.15, 0.2) is 6.07 Å². The second-order valence-electron chi connectivity index (χ2n) is 1.71. The van der Waals surface area contributed by atoms with Crippen LogP contribution in [0.3, 0.4) is 0 Å². The van der Waals surface area contributed by atoms with Crippen molar-refractivity contribution < 1.29 is 0 Å². The molecule has 2 nitrogen and oxygen atoms in total. The average molecular weight is 207 g/mol. The lowest BCUT2D eigenvalue weighted by atomic mass is 10.3. The largest absolute Gasteiger partial charge is 0.223 e. The summed E-state index contributed by atoms with van der Waals surface area (Å²) in [4.78, 5) is 3.63. The zero-order valence-electron chi connectivity index (χ0n) is 5.11. The van der Waals surface area contributed by atoms with Gasteiger partial charge in [-0.05, 0) is 6.07 Å². The van der Waals surface area contributed by atoms with Gasteiger partial charge in [0, 0.05) is 0 Å². The number of hydrogen-bond acceptors (Lipinski definition) is 2. The number of halogens is 3. The number of nitriles is 1. The predicted octanol–water partition coefficient (Wildman–Crippen LogP) is 2.91. The highest BCUT2D eigenvalue weighted by atomic mass is 35.5. The summed E-state index contributed by atoms with van der Waals surface area (Å²) in [5, 5.41) is 8.84. The highest BCUT2D eigenvalue weighted by molar-refractivity contribution is 6.42.